The number of likely N-dealkylation sites (tertiary alicyclic amines) is 2. The van der Waals surface area contributed by atoms with Crippen LogP contribution in [0.1, 0.15) is 38.5 Å². The van der Waals surface area contributed by atoms with Crippen LogP contribution in [-0.2, 0) is 9.59 Å². The van der Waals surface area contributed by atoms with Gasteiger partial charge in [0.2, 0.25) is 5.91 Å². The molecule has 0 aromatic rings. The molecule has 130 valence electrons. The second kappa shape index (κ2) is 7.88. The smallest absolute Gasteiger partial charge is 0.307 e. The van der Waals surface area contributed by atoms with Crippen LogP contribution in [0.4, 0.5) is 0 Å². The molecule has 3 fully saturated rings. The largest absolute Gasteiger partial charge is 0.481 e. The van der Waals surface area contributed by atoms with E-state index >= 15 is 0 Å². The summed E-state index contributed by atoms with van der Waals surface area (Å²) in [6.07, 6.45) is 6.46. The van der Waals surface area contributed by atoms with Gasteiger partial charge in [-0.15, -0.1) is 0 Å². The molecule has 1 aliphatic carbocycles. The third-order valence-corrected chi connectivity index (χ3v) is 6.57. The van der Waals surface area contributed by atoms with Crippen LogP contribution in [0, 0.1) is 11.8 Å². The molecule has 3 aliphatic rings. The average Bonchev–Trinajstić information content (AvgIpc) is 3.39. The van der Waals surface area contributed by atoms with Gasteiger partial charge in [0, 0.05) is 25.7 Å². The number of aliphatic carboxylic acids is 1. The molecular weight excluding hydrogens is 312 g/mol. The maximum absolute atomic E-state index is 12.2. The highest BCUT2D eigenvalue weighted by Gasteiger charge is 2.32. The molecule has 3 rings (SSSR count). The van der Waals surface area contributed by atoms with Crippen LogP contribution in [0.2, 0.25) is 0 Å². The lowest BCUT2D eigenvalue weighted by atomic mass is 9.94. The monoisotopic (exact) mass is 340 g/mol. The topological polar surface area (TPSA) is 60.9 Å². The van der Waals surface area contributed by atoms with E-state index in [2.05, 4.69) is 4.90 Å². The van der Waals surface area contributed by atoms with E-state index in [1.54, 1.807) is 11.8 Å². The van der Waals surface area contributed by atoms with Crippen molar-refractivity contribution in [2.75, 3.05) is 37.7 Å². The number of carboxylic acid groups (broad SMARTS) is 1. The van der Waals surface area contributed by atoms with Gasteiger partial charge in [0.05, 0.1) is 11.7 Å². The van der Waals surface area contributed by atoms with Gasteiger partial charge in [-0.3, -0.25) is 14.5 Å². The van der Waals surface area contributed by atoms with E-state index in [-0.39, 0.29) is 11.8 Å². The molecule has 0 aromatic heterocycles. The summed E-state index contributed by atoms with van der Waals surface area (Å²) in [4.78, 5) is 27.8. The summed E-state index contributed by atoms with van der Waals surface area (Å²) in [7, 11) is 0. The summed E-state index contributed by atoms with van der Waals surface area (Å²) in [5.74, 6) is 2.08. The molecular formula is C17H28N2O3S. The Kier molecular flexibility index (Phi) is 5.85. The zero-order valence-corrected chi connectivity index (χ0v) is 14.6. The van der Waals surface area contributed by atoms with Crippen molar-refractivity contribution < 1.29 is 14.7 Å². The Morgan fingerprint density at radius 2 is 1.78 bits per heavy atom. The molecule has 0 radical (unpaired) electrons. The van der Waals surface area contributed by atoms with Gasteiger partial charge in [-0.1, -0.05) is 0 Å². The zero-order valence-electron chi connectivity index (χ0n) is 13.8. The molecule has 1 amide bonds. The Morgan fingerprint density at radius 1 is 1.04 bits per heavy atom. The predicted octanol–water partition coefficient (Wildman–Crippen LogP) is 1.92. The fourth-order valence-electron chi connectivity index (χ4n) is 3.71. The van der Waals surface area contributed by atoms with Crippen molar-refractivity contribution in [3.8, 4) is 0 Å². The Balaban J connectivity index is 1.38. The van der Waals surface area contributed by atoms with Crippen LogP contribution < -0.4 is 0 Å². The van der Waals surface area contributed by atoms with E-state index in [0.29, 0.717) is 18.3 Å². The predicted molar refractivity (Wildman–Crippen MR) is 91.6 cm³/mol. The second-order valence-electron chi connectivity index (χ2n) is 7.24. The summed E-state index contributed by atoms with van der Waals surface area (Å²) in [5.41, 5.74) is 0. The van der Waals surface area contributed by atoms with Crippen LogP contribution in [0.5, 0.6) is 0 Å². The van der Waals surface area contributed by atoms with Crippen molar-refractivity contribution in [2.24, 2.45) is 11.8 Å². The van der Waals surface area contributed by atoms with Gasteiger partial charge >= 0.3 is 5.97 Å². The van der Waals surface area contributed by atoms with Crippen molar-refractivity contribution in [2.45, 2.75) is 44.6 Å². The molecule has 2 saturated heterocycles. The van der Waals surface area contributed by atoms with Gasteiger partial charge in [-0.25, -0.2) is 0 Å². The molecule has 23 heavy (non-hydrogen) atoms. The Morgan fingerprint density at radius 3 is 2.43 bits per heavy atom. The standard InChI is InChI=1S/C17H28N2O3S/c20-16(12-23-11-13-3-4-13)18-8-5-15(6-9-18)19-7-1-2-14(10-19)17(21)22/h13-15H,1-12H2,(H,21,22)/t14-/m0/s1. The maximum Gasteiger partial charge on any atom is 0.307 e. The summed E-state index contributed by atoms with van der Waals surface area (Å²) >= 11 is 1.79. The third-order valence-electron chi connectivity index (χ3n) is 5.41. The van der Waals surface area contributed by atoms with Gasteiger partial charge in [-0.2, -0.15) is 11.8 Å². The number of hydrogen-bond acceptors (Lipinski definition) is 4. The second-order valence-corrected chi connectivity index (χ2v) is 8.27. The van der Waals surface area contributed by atoms with E-state index in [9.17, 15) is 14.7 Å². The number of rotatable bonds is 6. The number of carbonyl (C=O) groups is 2. The highest BCUT2D eigenvalue weighted by molar-refractivity contribution is 7.99. The fourth-order valence-corrected chi connectivity index (χ4v) is 4.85. The molecule has 0 bridgehead atoms. The number of nitrogens with zero attached hydrogens (tertiary/aromatic N) is 2. The van der Waals surface area contributed by atoms with E-state index in [4.69, 9.17) is 0 Å². The summed E-state index contributed by atoms with van der Waals surface area (Å²) < 4.78 is 0. The van der Waals surface area contributed by atoms with E-state index in [1.165, 1.54) is 12.8 Å². The van der Waals surface area contributed by atoms with Crippen LogP contribution in [-0.4, -0.2) is 70.5 Å². The molecule has 1 N–H and O–H groups in total. The number of carboxylic acids is 1. The van der Waals surface area contributed by atoms with Crippen molar-refractivity contribution >= 4 is 23.6 Å². The molecule has 1 atom stereocenters. The van der Waals surface area contributed by atoms with Crippen LogP contribution in [0.15, 0.2) is 0 Å². The lowest BCUT2D eigenvalue weighted by Crippen LogP contribution is -2.50. The van der Waals surface area contributed by atoms with Crippen LogP contribution in [0.25, 0.3) is 0 Å². The van der Waals surface area contributed by atoms with Crippen molar-refractivity contribution in [3.05, 3.63) is 0 Å². The highest BCUT2D eigenvalue weighted by atomic mass is 32.2. The molecule has 2 aliphatic heterocycles. The van der Waals surface area contributed by atoms with E-state index in [1.807, 2.05) is 4.90 Å². The quantitative estimate of drug-likeness (QED) is 0.800. The van der Waals surface area contributed by atoms with Gasteiger partial charge in [0.15, 0.2) is 0 Å². The minimum absolute atomic E-state index is 0.206. The lowest BCUT2D eigenvalue weighted by molar-refractivity contribution is -0.144. The number of thioether (sulfide) groups is 1. The van der Waals surface area contributed by atoms with Gasteiger partial charge < -0.3 is 10.0 Å². The van der Waals surface area contributed by atoms with Gasteiger partial charge in [0.25, 0.3) is 0 Å². The van der Waals surface area contributed by atoms with Crippen molar-refractivity contribution in [1.82, 2.24) is 9.80 Å². The number of amides is 1. The number of hydrogen-bond donors (Lipinski definition) is 1. The van der Waals surface area contributed by atoms with Crippen molar-refractivity contribution in [3.63, 3.8) is 0 Å². The number of piperidine rings is 2. The van der Waals surface area contributed by atoms with Crippen LogP contribution in [0.3, 0.4) is 0 Å². The summed E-state index contributed by atoms with van der Waals surface area (Å²) in [6.45, 7) is 3.37. The minimum Gasteiger partial charge on any atom is -0.481 e. The molecule has 5 nitrogen and oxygen atoms in total. The molecule has 6 heteroatoms. The first-order chi connectivity index (χ1) is 11.1. The van der Waals surface area contributed by atoms with E-state index in [0.717, 1.165) is 57.0 Å². The first-order valence-electron chi connectivity index (χ1n) is 8.96. The molecule has 1 saturated carbocycles. The first kappa shape index (κ1) is 17.1. The average molecular weight is 340 g/mol. The molecule has 0 unspecified atom stereocenters. The lowest BCUT2D eigenvalue weighted by Gasteiger charge is -2.41. The molecule has 2 heterocycles. The SMILES string of the molecule is O=C(O)[C@H]1CCCN(C2CCN(C(=O)CSCC3CC3)CC2)C1. The Bertz CT molecular complexity index is 434. The normalized spacial score (nSPS) is 27.1. The fraction of sp³-hybridized carbons (Fsp3) is 0.882. The molecule has 0 spiro atoms. The highest BCUT2D eigenvalue weighted by Crippen LogP contribution is 2.32. The first-order valence-corrected chi connectivity index (χ1v) is 10.1. The zero-order chi connectivity index (χ0) is 16.2. The Labute approximate surface area is 142 Å². The van der Waals surface area contributed by atoms with Gasteiger partial charge in [0.1, 0.15) is 0 Å². The number of carbonyl (C=O) groups excluding carboxylic acids is 1. The maximum atomic E-state index is 12.2. The summed E-state index contributed by atoms with van der Waals surface area (Å²) in [5, 5.41) is 9.21. The minimum atomic E-state index is -0.657. The van der Waals surface area contributed by atoms with E-state index < -0.39 is 5.97 Å². The van der Waals surface area contributed by atoms with Gasteiger partial charge in [-0.05, 0) is 56.7 Å². The van der Waals surface area contributed by atoms with Crippen molar-refractivity contribution in [1.29, 1.82) is 0 Å². The Hall–Kier alpha value is -0.750. The van der Waals surface area contributed by atoms with Crippen LogP contribution >= 0.6 is 11.8 Å². The summed E-state index contributed by atoms with van der Waals surface area (Å²) in [6, 6.07) is 0.459. The third kappa shape index (κ3) is 4.86. The molecule has 0 aromatic carbocycles.